The van der Waals surface area contributed by atoms with E-state index in [0.29, 0.717) is 12.1 Å². The highest BCUT2D eigenvalue weighted by Gasteiger charge is 2.34. The van der Waals surface area contributed by atoms with Crippen LogP contribution in [0.4, 0.5) is 5.69 Å². The molecule has 0 fully saturated rings. The summed E-state index contributed by atoms with van der Waals surface area (Å²) in [6, 6.07) is 7.39. The number of carbonyl (C=O) groups excluding carboxylic acids is 1. The molecule has 20 heavy (non-hydrogen) atoms. The van der Waals surface area contributed by atoms with Gasteiger partial charge in [0.15, 0.2) is 5.78 Å². The van der Waals surface area contributed by atoms with Gasteiger partial charge >= 0.3 is 0 Å². The zero-order valence-corrected chi connectivity index (χ0v) is 11.9. The first-order chi connectivity index (χ1) is 9.46. The molecule has 0 spiro atoms. The van der Waals surface area contributed by atoms with Gasteiger partial charge in [0.25, 0.3) is 0 Å². The molecule has 0 N–H and O–H groups in total. The van der Waals surface area contributed by atoms with E-state index in [1.165, 1.54) is 0 Å². The van der Waals surface area contributed by atoms with Gasteiger partial charge in [-0.2, -0.15) is 0 Å². The maximum absolute atomic E-state index is 12.4. The maximum atomic E-state index is 12.4. The second kappa shape index (κ2) is 5.35. The Morgan fingerprint density at radius 3 is 2.70 bits per heavy atom. The topological polar surface area (TPSA) is 65.8 Å². The van der Waals surface area contributed by atoms with E-state index >= 15 is 0 Å². The van der Waals surface area contributed by atoms with Gasteiger partial charge in [-0.05, 0) is 43.9 Å². The molecule has 0 saturated heterocycles. The van der Waals surface area contributed by atoms with Crippen molar-refractivity contribution in [3.8, 4) is 0 Å². The van der Waals surface area contributed by atoms with Crippen LogP contribution in [0.3, 0.4) is 0 Å². The van der Waals surface area contributed by atoms with Crippen LogP contribution in [0.15, 0.2) is 52.7 Å². The zero-order valence-electron chi connectivity index (χ0n) is 11.9. The van der Waals surface area contributed by atoms with E-state index in [-0.39, 0.29) is 5.78 Å². The van der Waals surface area contributed by atoms with Gasteiger partial charge in [0, 0.05) is 10.6 Å². The van der Waals surface area contributed by atoms with Gasteiger partial charge in [0.1, 0.15) is 0 Å². The molecule has 0 aromatic heterocycles. The van der Waals surface area contributed by atoms with E-state index in [4.69, 9.17) is 5.53 Å². The molecular formula is C16H17N3O. The Hall–Kier alpha value is -2.32. The molecule has 102 valence electrons. The maximum Gasteiger partial charge on any atom is 0.168 e. The molecule has 0 radical (unpaired) electrons. The van der Waals surface area contributed by atoms with Crippen LogP contribution in [0.5, 0.6) is 0 Å². The number of hydrogen-bond donors (Lipinski definition) is 0. The van der Waals surface area contributed by atoms with Crippen molar-refractivity contribution in [2.45, 2.75) is 27.2 Å². The van der Waals surface area contributed by atoms with Crippen molar-refractivity contribution >= 4 is 11.5 Å². The minimum absolute atomic E-state index is 0.124. The fraction of sp³-hybridized carbons (Fsp3) is 0.312. The summed E-state index contributed by atoms with van der Waals surface area (Å²) < 4.78 is 0. The molecule has 2 rings (SSSR count). The third kappa shape index (κ3) is 2.65. The number of nitrogens with zero attached hydrogens (tertiary/aromatic N) is 3. The van der Waals surface area contributed by atoms with Crippen molar-refractivity contribution in [3.05, 3.63) is 63.6 Å². The highest BCUT2D eigenvalue weighted by atomic mass is 16.1. The Morgan fingerprint density at radius 1 is 1.30 bits per heavy atom. The lowest BCUT2D eigenvalue weighted by Gasteiger charge is -2.29. The first-order valence-electron chi connectivity index (χ1n) is 6.52. The molecule has 4 heteroatoms. The predicted octanol–water partition coefficient (Wildman–Crippen LogP) is 4.65. The molecule has 1 aromatic carbocycles. The van der Waals surface area contributed by atoms with Gasteiger partial charge in [-0.15, -0.1) is 0 Å². The van der Waals surface area contributed by atoms with E-state index in [2.05, 4.69) is 10.0 Å². The van der Waals surface area contributed by atoms with Crippen LogP contribution in [-0.4, -0.2) is 5.78 Å². The Labute approximate surface area is 118 Å². The van der Waals surface area contributed by atoms with E-state index in [1.54, 1.807) is 6.07 Å². The van der Waals surface area contributed by atoms with Crippen LogP contribution in [0.1, 0.15) is 26.3 Å². The van der Waals surface area contributed by atoms with Crippen LogP contribution < -0.4 is 0 Å². The van der Waals surface area contributed by atoms with Gasteiger partial charge in [0.2, 0.25) is 0 Å². The summed E-state index contributed by atoms with van der Waals surface area (Å²) in [5.41, 5.74) is 11.4. The molecule has 0 saturated carbocycles. The van der Waals surface area contributed by atoms with Gasteiger partial charge < -0.3 is 0 Å². The fourth-order valence-corrected chi connectivity index (χ4v) is 2.80. The first-order valence-corrected chi connectivity index (χ1v) is 6.52. The Morgan fingerprint density at radius 2 is 2.00 bits per heavy atom. The molecule has 0 bridgehead atoms. The van der Waals surface area contributed by atoms with Crippen molar-refractivity contribution < 1.29 is 4.79 Å². The summed E-state index contributed by atoms with van der Waals surface area (Å²) in [7, 11) is 0. The standard InChI is InChI=1S/C16H17N3O/c1-11-8-12(2)15(20)16(3,9-11)10-13-6-4-5-7-14(13)18-19-17/h4-9H,10H2,1-3H3. The summed E-state index contributed by atoms with van der Waals surface area (Å²) in [4.78, 5) is 15.3. The van der Waals surface area contributed by atoms with Crippen LogP contribution in [-0.2, 0) is 11.2 Å². The lowest BCUT2D eigenvalue weighted by atomic mass is 9.73. The van der Waals surface area contributed by atoms with Crippen LogP contribution in [0.2, 0.25) is 0 Å². The summed E-state index contributed by atoms with van der Waals surface area (Å²) in [6.07, 6.45) is 4.43. The second-order valence-electron chi connectivity index (χ2n) is 5.46. The third-order valence-corrected chi connectivity index (χ3v) is 3.57. The van der Waals surface area contributed by atoms with Crippen molar-refractivity contribution in [3.63, 3.8) is 0 Å². The number of carbonyl (C=O) groups is 1. The molecule has 1 aliphatic rings. The fourth-order valence-electron chi connectivity index (χ4n) is 2.80. The summed E-state index contributed by atoms with van der Waals surface area (Å²) in [5, 5.41) is 3.70. The Balaban J connectivity index is 2.41. The number of rotatable bonds is 3. The monoisotopic (exact) mass is 267 g/mol. The van der Waals surface area contributed by atoms with Gasteiger partial charge in [-0.3, -0.25) is 4.79 Å². The second-order valence-corrected chi connectivity index (χ2v) is 5.46. The number of benzene rings is 1. The number of azide groups is 1. The predicted molar refractivity (Wildman–Crippen MR) is 79.6 cm³/mol. The average Bonchev–Trinajstić information content (AvgIpc) is 2.38. The summed E-state index contributed by atoms with van der Waals surface area (Å²) in [6.45, 7) is 5.77. The lowest BCUT2D eigenvalue weighted by Crippen LogP contribution is -2.31. The molecule has 0 aliphatic heterocycles. The van der Waals surface area contributed by atoms with Gasteiger partial charge in [-0.25, -0.2) is 0 Å². The summed E-state index contributed by atoms with van der Waals surface area (Å²) >= 11 is 0. The van der Waals surface area contributed by atoms with E-state index < -0.39 is 5.41 Å². The van der Waals surface area contributed by atoms with Crippen molar-refractivity contribution in [1.82, 2.24) is 0 Å². The van der Waals surface area contributed by atoms with E-state index in [0.717, 1.165) is 16.7 Å². The normalized spacial score (nSPS) is 21.9. The molecule has 4 nitrogen and oxygen atoms in total. The number of hydrogen-bond acceptors (Lipinski definition) is 2. The van der Waals surface area contributed by atoms with Crippen molar-refractivity contribution in [2.75, 3.05) is 0 Å². The lowest BCUT2D eigenvalue weighted by molar-refractivity contribution is -0.122. The SMILES string of the molecule is CC1=CC(C)(Cc2ccccc2N=[N+]=[N-])C(=O)C(C)=C1. The van der Waals surface area contributed by atoms with Crippen LogP contribution in [0.25, 0.3) is 10.4 Å². The highest BCUT2D eigenvalue weighted by Crippen LogP contribution is 2.36. The zero-order chi connectivity index (χ0) is 14.8. The van der Waals surface area contributed by atoms with Gasteiger partial charge in [0.05, 0.1) is 5.41 Å². The molecule has 0 heterocycles. The number of allylic oxidation sites excluding steroid dienone is 4. The number of Topliss-reactive ketones (excluding diaryl/α,β-unsaturated/α-hetero) is 1. The molecule has 1 aromatic rings. The minimum Gasteiger partial charge on any atom is -0.294 e. The van der Waals surface area contributed by atoms with Crippen LogP contribution >= 0.6 is 0 Å². The smallest absolute Gasteiger partial charge is 0.168 e. The van der Waals surface area contributed by atoms with Crippen molar-refractivity contribution in [2.24, 2.45) is 10.5 Å². The van der Waals surface area contributed by atoms with Crippen LogP contribution in [0, 0.1) is 5.41 Å². The third-order valence-electron chi connectivity index (χ3n) is 3.57. The highest BCUT2D eigenvalue weighted by molar-refractivity contribution is 6.02. The largest absolute Gasteiger partial charge is 0.294 e. The molecular weight excluding hydrogens is 250 g/mol. The average molecular weight is 267 g/mol. The molecule has 1 atom stereocenters. The summed E-state index contributed by atoms with van der Waals surface area (Å²) in [5.74, 6) is 0.124. The molecule has 1 unspecified atom stereocenters. The van der Waals surface area contributed by atoms with E-state index in [1.807, 2.05) is 51.1 Å². The molecule has 1 aliphatic carbocycles. The Kier molecular flexibility index (Phi) is 3.77. The molecule has 0 amide bonds. The number of ketones is 1. The van der Waals surface area contributed by atoms with E-state index in [9.17, 15) is 4.79 Å². The minimum atomic E-state index is -0.579. The first kappa shape index (κ1) is 14.1. The van der Waals surface area contributed by atoms with Gasteiger partial charge in [-0.1, -0.05) is 47.1 Å². The quantitative estimate of drug-likeness (QED) is 0.446. The Bertz CT molecular complexity index is 666. The van der Waals surface area contributed by atoms with Crippen molar-refractivity contribution in [1.29, 1.82) is 0 Å².